The van der Waals surface area contributed by atoms with Crippen LogP contribution < -0.4 is 4.74 Å². The average molecular weight is 370 g/mol. The van der Waals surface area contributed by atoms with Crippen molar-refractivity contribution in [2.24, 2.45) is 0 Å². The number of fused-ring (bicyclic) bond motifs is 1. The summed E-state index contributed by atoms with van der Waals surface area (Å²) in [4.78, 5) is 4.49. The van der Waals surface area contributed by atoms with E-state index in [1.807, 2.05) is 54.6 Å². The number of benzene rings is 3. The van der Waals surface area contributed by atoms with Gasteiger partial charge in [-0.2, -0.15) is 0 Å². The molecule has 0 fully saturated rings. The fraction of sp³-hybridized carbons (Fsp3) is 0.0500. The average Bonchev–Trinajstić information content (AvgIpc) is 3.05. The molecule has 4 aromatic rings. The van der Waals surface area contributed by atoms with Gasteiger partial charge < -0.3 is 9.15 Å². The first-order chi connectivity index (χ1) is 12.2. The van der Waals surface area contributed by atoms with Crippen molar-refractivity contribution in [2.75, 3.05) is 0 Å². The van der Waals surface area contributed by atoms with Crippen molar-refractivity contribution in [2.45, 2.75) is 6.61 Å². The van der Waals surface area contributed by atoms with E-state index in [-0.39, 0.29) is 0 Å². The van der Waals surface area contributed by atoms with Gasteiger partial charge in [-0.3, -0.25) is 0 Å². The zero-order chi connectivity index (χ0) is 17.2. The molecule has 124 valence electrons. The third-order valence-corrected chi connectivity index (χ3v) is 4.39. The predicted molar refractivity (Wildman–Crippen MR) is 100 cm³/mol. The van der Waals surface area contributed by atoms with E-state index >= 15 is 0 Å². The molecule has 0 saturated heterocycles. The van der Waals surface area contributed by atoms with Crippen LogP contribution in [0.2, 0.25) is 10.0 Å². The lowest BCUT2D eigenvalue weighted by Crippen LogP contribution is -1.96. The van der Waals surface area contributed by atoms with Crippen LogP contribution in [0.5, 0.6) is 5.75 Å². The second-order valence-corrected chi connectivity index (χ2v) is 6.38. The van der Waals surface area contributed by atoms with Gasteiger partial charge in [-0.1, -0.05) is 41.4 Å². The highest BCUT2D eigenvalue weighted by Crippen LogP contribution is 2.27. The Balaban J connectivity index is 1.49. The highest BCUT2D eigenvalue weighted by Gasteiger charge is 2.08. The van der Waals surface area contributed by atoms with E-state index in [1.165, 1.54) is 0 Å². The number of hydrogen-bond acceptors (Lipinski definition) is 3. The molecule has 5 heteroatoms. The number of nitrogens with zero attached hydrogens (tertiary/aromatic N) is 1. The Bertz CT molecular complexity index is 992. The van der Waals surface area contributed by atoms with Gasteiger partial charge in [-0.25, -0.2) is 4.98 Å². The summed E-state index contributed by atoms with van der Waals surface area (Å²) < 4.78 is 11.6. The molecule has 1 aromatic heterocycles. The van der Waals surface area contributed by atoms with Crippen LogP contribution in [0.15, 0.2) is 71.1 Å². The summed E-state index contributed by atoms with van der Waals surface area (Å²) >= 11 is 12.1. The van der Waals surface area contributed by atoms with Crippen molar-refractivity contribution in [3.05, 3.63) is 82.3 Å². The van der Waals surface area contributed by atoms with Crippen molar-refractivity contribution in [1.82, 2.24) is 4.98 Å². The molecule has 0 radical (unpaired) electrons. The standard InChI is InChI=1S/C20H13Cl2NO2/c21-15-8-5-14(17(22)11-15)12-24-16-9-6-13(7-10-16)20-23-18-3-1-2-4-19(18)25-20/h1-11H,12H2. The smallest absolute Gasteiger partial charge is 0.227 e. The Morgan fingerprint density at radius 1 is 0.920 bits per heavy atom. The maximum absolute atomic E-state index is 6.15. The van der Waals surface area contributed by atoms with E-state index in [4.69, 9.17) is 32.4 Å². The van der Waals surface area contributed by atoms with Gasteiger partial charge in [0.25, 0.3) is 0 Å². The molecule has 0 atom stereocenters. The highest BCUT2D eigenvalue weighted by molar-refractivity contribution is 6.35. The first kappa shape index (κ1) is 16.0. The van der Waals surface area contributed by atoms with Crippen LogP contribution in [-0.2, 0) is 6.61 Å². The number of halogens is 2. The maximum Gasteiger partial charge on any atom is 0.227 e. The summed E-state index contributed by atoms with van der Waals surface area (Å²) in [6.07, 6.45) is 0. The van der Waals surface area contributed by atoms with E-state index in [1.54, 1.807) is 12.1 Å². The van der Waals surface area contributed by atoms with Crippen molar-refractivity contribution < 1.29 is 9.15 Å². The number of rotatable bonds is 4. The molecule has 1 heterocycles. The molecule has 3 nitrogen and oxygen atoms in total. The molecular weight excluding hydrogens is 357 g/mol. The summed E-state index contributed by atoms with van der Waals surface area (Å²) in [6, 6.07) is 20.7. The molecule has 3 aromatic carbocycles. The Hall–Kier alpha value is -2.49. The number of oxazole rings is 1. The summed E-state index contributed by atoms with van der Waals surface area (Å²) in [6.45, 7) is 0.373. The maximum atomic E-state index is 6.15. The summed E-state index contributed by atoms with van der Waals surface area (Å²) in [7, 11) is 0. The number of hydrogen-bond donors (Lipinski definition) is 0. The van der Waals surface area contributed by atoms with E-state index < -0.39 is 0 Å². The number of ether oxygens (including phenoxy) is 1. The SMILES string of the molecule is Clc1ccc(COc2ccc(-c3nc4ccccc4o3)cc2)c(Cl)c1. The Morgan fingerprint density at radius 3 is 2.48 bits per heavy atom. The van der Waals surface area contributed by atoms with Crippen molar-refractivity contribution >= 4 is 34.3 Å². The minimum Gasteiger partial charge on any atom is -0.489 e. The van der Waals surface area contributed by atoms with Crippen LogP contribution in [0.4, 0.5) is 0 Å². The molecule has 4 rings (SSSR count). The molecule has 0 spiro atoms. The fourth-order valence-corrected chi connectivity index (χ4v) is 2.95. The van der Waals surface area contributed by atoms with Crippen LogP contribution in [0.25, 0.3) is 22.6 Å². The quantitative estimate of drug-likeness (QED) is 0.418. The van der Waals surface area contributed by atoms with Crippen LogP contribution in [0, 0.1) is 0 Å². The Morgan fingerprint density at radius 2 is 1.72 bits per heavy atom. The molecule has 0 N–H and O–H groups in total. The highest BCUT2D eigenvalue weighted by atomic mass is 35.5. The van der Waals surface area contributed by atoms with Gasteiger partial charge in [0.05, 0.1) is 0 Å². The molecule has 0 aliphatic heterocycles. The molecule has 0 saturated carbocycles. The van der Waals surface area contributed by atoms with Crippen molar-refractivity contribution in [1.29, 1.82) is 0 Å². The predicted octanol–water partition coefficient (Wildman–Crippen LogP) is 6.38. The fourth-order valence-electron chi connectivity index (χ4n) is 2.49. The van der Waals surface area contributed by atoms with E-state index in [0.29, 0.717) is 22.5 Å². The minimum atomic E-state index is 0.373. The molecule has 0 aliphatic rings. The summed E-state index contributed by atoms with van der Waals surface area (Å²) in [5, 5.41) is 1.20. The molecule has 25 heavy (non-hydrogen) atoms. The van der Waals surface area contributed by atoms with Gasteiger partial charge in [0.2, 0.25) is 5.89 Å². The lowest BCUT2D eigenvalue weighted by Gasteiger charge is -2.08. The number of aromatic nitrogens is 1. The van der Waals surface area contributed by atoms with Gasteiger partial charge >= 0.3 is 0 Å². The second kappa shape index (κ2) is 6.79. The van der Waals surface area contributed by atoms with Crippen molar-refractivity contribution in [3.8, 4) is 17.2 Å². The Labute approximate surface area is 154 Å². The van der Waals surface area contributed by atoms with Crippen LogP contribution in [-0.4, -0.2) is 4.98 Å². The third-order valence-electron chi connectivity index (χ3n) is 3.80. The van der Waals surface area contributed by atoms with Gasteiger partial charge in [0.1, 0.15) is 17.9 Å². The topological polar surface area (TPSA) is 35.3 Å². The first-order valence-electron chi connectivity index (χ1n) is 7.72. The zero-order valence-corrected chi connectivity index (χ0v) is 14.6. The lowest BCUT2D eigenvalue weighted by atomic mass is 10.2. The van der Waals surface area contributed by atoms with E-state index in [2.05, 4.69) is 4.98 Å². The van der Waals surface area contributed by atoms with Crippen LogP contribution >= 0.6 is 23.2 Å². The monoisotopic (exact) mass is 369 g/mol. The van der Waals surface area contributed by atoms with Gasteiger partial charge in [0.15, 0.2) is 5.58 Å². The molecule has 0 unspecified atom stereocenters. The van der Waals surface area contributed by atoms with Gasteiger partial charge in [-0.05, 0) is 48.5 Å². The molecular formula is C20H13Cl2NO2. The van der Waals surface area contributed by atoms with Crippen molar-refractivity contribution in [3.63, 3.8) is 0 Å². The van der Waals surface area contributed by atoms with E-state index in [9.17, 15) is 0 Å². The van der Waals surface area contributed by atoms with Gasteiger partial charge in [-0.15, -0.1) is 0 Å². The molecule has 0 amide bonds. The van der Waals surface area contributed by atoms with Crippen LogP contribution in [0.3, 0.4) is 0 Å². The summed E-state index contributed by atoms with van der Waals surface area (Å²) in [5.74, 6) is 1.33. The van der Waals surface area contributed by atoms with E-state index in [0.717, 1.165) is 28.0 Å². The lowest BCUT2D eigenvalue weighted by molar-refractivity contribution is 0.306. The Kier molecular flexibility index (Phi) is 4.35. The number of para-hydroxylation sites is 2. The third kappa shape index (κ3) is 3.48. The molecule has 0 bridgehead atoms. The first-order valence-corrected chi connectivity index (χ1v) is 8.47. The second-order valence-electron chi connectivity index (χ2n) is 5.54. The van der Waals surface area contributed by atoms with Crippen LogP contribution in [0.1, 0.15) is 5.56 Å². The van der Waals surface area contributed by atoms with Gasteiger partial charge in [0, 0.05) is 21.2 Å². The molecule has 0 aliphatic carbocycles. The zero-order valence-electron chi connectivity index (χ0n) is 13.1. The normalized spacial score (nSPS) is 11.0. The largest absolute Gasteiger partial charge is 0.489 e. The minimum absolute atomic E-state index is 0.373. The summed E-state index contributed by atoms with van der Waals surface area (Å²) in [5.41, 5.74) is 3.40.